The van der Waals surface area contributed by atoms with Crippen molar-refractivity contribution in [3.05, 3.63) is 54.2 Å². The molecule has 0 spiro atoms. The summed E-state index contributed by atoms with van der Waals surface area (Å²) in [5.74, 6) is 0.341. The Hall–Kier alpha value is -2.51. The summed E-state index contributed by atoms with van der Waals surface area (Å²) in [4.78, 5) is 13.5. The average molecular weight is 393 g/mol. The molecular weight excluding hydrogens is 364 g/mol. The molecule has 0 radical (unpaired) electrons. The van der Waals surface area contributed by atoms with E-state index in [0.717, 1.165) is 56.7 Å². The molecule has 152 valence electrons. The second-order valence-electron chi connectivity index (χ2n) is 8.36. The summed E-state index contributed by atoms with van der Waals surface area (Å²) in [5.41, 5.74) is 4.41. The van der Waals surface area contributed by atoms with Gasteiger partial charge >= 0.3 is 0 Å². The number of aliphatic hydroxyl groups is 1. The molecule has 0 aromatic carbocycles. The van der Waals surface area contributed by atoms with E-state index < -0.39 is 0 Å². The maximum absolute atomic E-state index is 10.9. The quantitative estimate of drug-likeness (QED) is 0.718. The van der Waals surface area contributed by atoms with Crippen LogP contribution in [0.5, 0.6) is 0 Å². The standard InChI is InChI=1S/C22H28N6O/c1-16-7-8-19(13-23-16)26-10-11-27-20(14-26)12-18(22(27)29)5-2-4-17-6-3-9-28-21(17)24-15-25-28/h3,6-9,13,15,18,20,22,29H,2,4-5,10-12,14H2,1H3/t18-,20-,22?/m0/s1. The van der Waals surface area contributed by atoms with E-state index >= 15 is 0 Å². The molecular formula is C22H28N6O. The molecule has 7 nitrogen and oxygen atoms in total. The Morgan fingerprint density at radius 3 is 2.97 bits per heavy atom. The predicted octanol–water partition coefficient (Wildman–Crippen LogP) is 2.28. The largest absolute Gasteiger partial charge is 0.378 e. The lowest BCUT2D eigenvalue weighted by molar-refractivity contribution is -0.0125. The minimum absolute atomic E-state index is 0.317. The van der Waals surface area contributed by atoms with Crippen LogP contribution in [0.3, 0.4) is 0 Å². The summed E-state index contributed by atoms with van der Waals surface area (Å²) < 4.78 is 1.83. The van der Waals surface area contributed by atoms with Gasteiger partial charge in [0.1, 0.15) is 12.6 Å². The van der Waals surface area contributed by atoms with Gasteiger partial charge in [0.2, 0.25) is 0 Å². The maximum Gasteiger partial charge on any atom is 0.158 e. The molecule has 5 heterocycles. The highest BCUT2D eigenvalue weighted by Gasteiger charge is 2.42. The van der Waals surface area contributed by atoms with Gasteiger partial charge in [0.15, 0.2) is 5.65 Å². The molecule has 0 aliphatic carbocycles. The Morgan fingerprint density at radius 2 is 2.10 bits per heavy atom. The third-order valence-corrected chi connectivity index (χ3v) is 6.53. The molecule has 29 heavy (non-hydrogen) atoms. The number of hydrogen-bond acceptors (Lipinski definition) is 6. The van der Waals surface area contributed by atoms with Crippen LogP contribution in [0.25, 0.3) is 5.65 Å². The maximum atomic E-state index is 10.9. The second-order valence-corrected chi connectivity index (χ2v) is 8.36. The fourth-order valence-electron chi connectivity index (χ4n) is 4.97. The number of aryl methyl sites for hydroxylation is 2. The van der Waals surface area contributed by atoms with Crippen molar-refractivity contribution in [2.24, 2.45) is 5.92 Å². The van der Waals surface area contributed by atoms with Crippen LogP contribution in [0, 0.1) is 12.8 Å². The van der Waals surface area contributed by atoms with Gasteiger partial charge in [-0.05, 0) is 56.4 Å². The molecule has 2 saturated heterocycles. The van der Waals surface area contributed by atoms with Gasteiger partial charge in [-0.1, -0.05) is 6.07 Å². The Bertz CT molecular complexity index is 971. The topological polar surface area (TPSA) is 69.8 Å². The minimum Gasteiger partial charge on any atom is -0.378 e. The lowest BCUT2D eigenvalue weighted by Gasteiger charge is -2.39. The Kier molecular flexibility index (Phi) is 4.93. The molecule has 2 fully saturated rings. The summed E-state index contributed by atoms with van der Waals surface area (Å²) in [5, 5.41) is 15.1. The number of fused-ring (bicyclic) bond motifs is 2. The fourth-order valence-corrected chi connectivity index (χ4v) is 4.97. The van der Waals surface area contributed by atoms with Gasteiger partial charge in [-0.3, -0.25) is 9.88 Å². The van der Waals surface area contributed by atoms with Gasteiger partial charge in [0, 0.05) is 43.5 Å². The highest BCUT2D eigenvalue weighted by Crippen LogP contribution is 2.35. The van der Waals surface area contributed by atoms with Gasteiger partial charge in [0.05, 0.1) is 11.9 Å². The molecule has 5 rings (SSSR count). The van der Waals surface area contributed by atoms with Gasteiger partial charge in [0.25, 0.3) is 0 Å². The van der Waals surface area contributed by atoms with Crippen molar-refractivity contribution in [2.45, 2.75) is 44.9 Å². The third-order valence-electron chi connectivity index (χ3n) is 6.53. The number of piperazine rings is 1. The molecule has 1 N–H and O–H groups in total. The van der Waals surface area contributed by atoms with Crippen LogP contribution in [0.4, 0.5) is 5.69 Å². The molecule has 3 atom stereocenters. The average Bonchev–Trinajstić information content (AvgIpc) is 3.34. The second kappa shape index (κ2) is 7.72. The lowest BCUT2D eigenvalue weighted by Crippen LogP contribution is -2.52. The van der Waals surface area contributed by atoms with Gasteiger partial charge < -0.3 is 10.0 Å². The van der Waals surface area contributed by atoms with Crippen LogP contribution >= 0.6 is 0 Å². The summed E-state index contributed by atoms with van der Waals surface area (Å²) in [6, 6.07) is 8.81. The monoisotopic (exact) mass is 392 g/mol. The molecule has 7 heteroatoms. The molecule has 0 amide bonds. The van der Waals surface area contributed by atoms with E-state index in [1.807, 2.05) is 29.9 Å². The van der Waals surface area contributed by atoms with Gasteiger partial charge in [-0.15, -0.1) is 0 Å². The molecule has 0 bridgehead atoms. The first-order chi connectivity index (χ1) is 14.2. The van der Waals surface area contributed by atoms with Crippen molar-refractivity contribution in [1.82, 2.24) is 24.5 Å². The van der Waals surface area contributed by atoms with Crippen LogP contribution in [0.15, 0.2) is 43.0 Å². The predicted molar refractivity (Wildman–Crippen MR) is 112 cm³/mol. The lowest BCUT2D eigenvalue weighted by atomic mass is 9.96. The van der Waals surface area contributed by atoms with Crippen molar-refractivity contribution in [2.75, 3.05) is 24.5 Å². The normalized spacial score (nSPS) is 24.9. The van der Waals surface area contributed by atoms with Crippen LogP contribution in [-0.4, -0.2) is 61.5 Å². The van der Waals surface area contributed by atoms with E-state index in [4.69, 9.17) is 0 Å². The molecule has 1 unspecified atom stereocenters. The molecule has 3 aromatic rings. The molecule has 2 aliphatic heterocycles. The van der Waals surface area contributed by atoms with Crippen LogP contribution in [-0.2, 0) is 6.42 Å². The highest BCUT2D eigenvalue weighted by atomic mass is 16.3. The number of aliphatic hydroxyl groups excluding tert-OH is 1. The number of aromatic nitrogens is 4. The summed E-state index contributed by atoms with van der Waals surface area (Å²) >= 11 is 0. The Labute approximate surface area is 171 Å². The zero-order valence-electron chi connectivity index (χ0n) is 16.9. The number of anilines is 1. The molecule has 0 saturated carbocycles. The van der Waals surface area contributed by atoms with Crippen molar-refractivity contribution >= 4 is 11.3 Å². The van der Waals surface area contributed by atoms with E-state index in [1.54, 1.807) is 6.33 Å². The number of pyridine rings is 2. The van der Waals surface area contributed by atoms with Crippen LogP contribution < -0.4 is 4.90 Å². The van der Waals surface area contributed by atoms with Crippen LogP contribution in [0.1, 0.15) is 30.5 Å². The number of hydrogen-bond donors (Lipinski definition) is 1. The van der Waals surface area contributed by atoms with E-state index in [0.29, 0.717) is 12.0 Å². The van der Waals surface area contributed by atoms with E-state index in [-0.39, 0.29) is 6.23 Å². The third kappa shape index (κ3) is 3.60. The first-order valence-corrected chi connectivity index (χ1v) is 10.6. The zero-order chi connectivity index (χ0) is 19.8. The minimum atomic E-state index is -0.317. The first-order valence-electron chi connectivity index (χ1n) is 10.6. The molecule has 3 aromatic heterocycles. The van der Waals surface area contributed by atoms with E-state index in [9.17, 15) is 5.11 Å². The number of rotatable bonds is 5. The SMILES string of the molecule is Cc1ccc(N2CCN3C(O)[C@@H](CCCc4cccn5ncnc45)C[C@H]3C2)cn1. The van der Waals surface area contributed by atoms with Crippen molar-refractivity contribution in [3.8, 4) is 0 Å². The van der Waals surface area contributed by atoms with Crippen molar-refractivity contribution < 1.29 is 5.11 Å². The van der Waals surface area contributed by atoms with Gasteiger partial charge in [-0.2, -0.15) is 5.10 Å². The summed E-state index contributed by atoms with van der Waals surface area (Å²) in [6.45, 7) is 4.84. The molecule has 2 aliphatic rings. The highest BCUT2D eigenvalue weighted by molar-refractivity contribution is 5.46. The Balaban J connectivity index is 1.19. The fraction of sp³-hybridized carbons (Fsp3) is 0.500. The summed E-state index contributed by atoms with van der Waals surface area (Å²) in [6.07, 6.45) is 9.31. The first kappa shape index (κ1) is 18.5. The zero-order valence-corrected chi connectivity index (χ0v) is 16.9. The van der Waals surface area contributed by atoms with Crippen LogP contribution in [0.2, 0.25) is 0 Å². The smallest absolute Gasteiger partial charge is 0.158 e. The van der Waals surface area contributed by atoms with Crippen molar-refractivity contribution in [3.63, 3.8) is 0 Å². The number of nitrogens with zero attached hydrogens (tertiary/aromatic N) is 6. The van der Waals surface area contributed by atoms with Crippen molar-refractivity contribution in [1.29, 1.82) is 0 Å². The van der Waals surface area contributed by atoms with E-state index in [1.165, 1.54) is 11.3 Å². The summed E-state index contributed by atoms with van der Waals surface area (Å²) in [7, 11) is 0. The van der Waals surface area contributed by atoms with Gasteiger partial charge in [-0.25, -0.2) is 9.50 Å². The van der Waals surface area contributed by atoms with E-state index in [2.05, 4.69) is 43.1 Å². The Morgan fingerprint density at radius 1 is 1.17 bits per heavy atom.